The van der Waals surface area contributed by atoms with E-state index in [1.165, 1.54) is 6.07 Å². The van der Waals surface area contributed by atoms with E-state index in [2.05, 4.69) is 17.2 Å². The summed E-state index contributed by atoms with van der Waals surface area (Å²) < 4.78 is 35.9. The topological polar surface area (TPSA) is 15.8 Å². The number of hydrogen-bond donors (Lipinski definition) is 1. The predicted octanol–water partition coefficient (Wildman–Crippen LogP) is 3.79. The van der Waals surface area contributed by atoms with E-state index in [-0.39, 0.29) is 4.64 Å². The van der Waals surface area contributed by atoms with Crippen molar-refractivity contribution in [3.8, 4) is 0 Å². The first-order valence-electron chi connectivity index (χ1n) is 3.76. The van der Waals surface area contributed by atoms with Crippen LogP contribution in [0.4, 0.5) is 13.2 Å². The van der Waals surface area contributed by atoms with Gasteiger partial charge in [0.1, 0.15) is 4.64 Å². The Hall–Kier alpha value is -0.840. The van der Waals surface area contributed by atoms with Crippen LogP contribution < -0.4 is 0 Å². The minimum atomic E-state index is -4.29. The lowest BCUT2D eigenvalue weighted by Crippen LogP contribution is -2.04. The van der Waals surface area contributed by atoms with Gasteiger partial charge in [-0.25, -0.2) is 0 Å². The minimum Gasteiger partial charge on any atom is -0.352 e. The van der Waals surface area contributed by atoms with Crippen molar-refractivity contribution >= 4 is 12.2 Å². The quantitative estimate of drug-likeness (QED) is 0.643. The van der Waals surface area contributed by atoms with E-state index in [4.69, 9.17) is 0 Å². The molecule has 1 aromatic rings. The molecule has 0 radical (unpaired) electrons. The second kappa shape index (κ2) is 5.01. The molecule has 0 aliphatic heterocycles. The van der Waals surface area contributed by atoms with E-state index in [0.717, 1.165) is 12.3 Å². The summed E-state index contributed by atoms with van der Waals surface area (Å²) in [6.07, 6.45) is -3.44. The second-order valence-corrected chi connectivity index (χ2v) is 2.38. The van der Waals surface area contributed by atoms with E-state index >= 15 is 0 Å². The number of hydrogen-bond acceptors (Lipinski definition) is 1. The first kappa shape index (κ1) is 12.2. The standard InChI is InChI=1S/C6H4F3NS.C2H6/c7-6(8,9)4-1-2-5(11)10-3-4;1-2/h1-3H,(H,10,11);1-2H3. The maximum Gasteiger partial charge on any atom is 0.417 e. The zero-order chi connectivity index (χ0) is 10.5. The molecule has 74 valence electrons. The molecule has 0 saturated heterocycles. The van der Waals surface area contributed by atoms with Gasteiger partial charge in [0.25, 0.3) is 0 Å². The normalized spacial score (nSPS) is 10.2. The van der Waals surface area contributed by atoms with E-state index < -0.39 is 11.7 Å². The molecule has 13 heavy (non-hydrogen) atoms. The van der Waals surface area contributed by atoms with Crippen molar-refractivity contribution in [2.45, 2.75) is 20.0 Å². The molecule has 0 aromatic carbocycles. The molecule has 0 unspecified atom stereocenters. The van der Waals surface area contributed by atoms with Crippen molar-refractivity contribution in [2.75, 3.05) is 0 Å². The molecule has 0 atom stereocenters. The van der Waals surface area contributed by atoms with Crippen LogP contribution in [0.15, 0.2) is 18.3 Å². The number of alkyl halides is 3. The Morgan fingerprint density at radius 2 is 1.77 bits per heavy atom. The van der Waals surface area contributed by atoms with Crippen molar-refractivity contribution < 1.29 is 13.2 Å². The Bertz CT molecular complexity index is 282. The summed E-state index contributed by atoms with van der Waals surface area (Å²) in [4.78, 5) is 2.30. The predicted molar refractivity (Wildman–Crippen MR) is 48.0 cm³/mol. The van der Waals surface area contributed by atoms with Crippen molar-refractivity contribution in [3.63, 3.8) is 0 Å². The third-order valence-electron chi connectivity index (χ3n) is 1.11. The number of aromatic amines is 1. The molecule has 1 heterocycles. The lowest BCUT2D eigenvalue weighted by Gasteiger charge is -2.04. The molecule has 0 aliphatic rings. The highest BCUT2D eigenvalue weighted by Crippen LogP contribution is 2.27. The molecule has 5 heteroatoms. The Balaban J connectivity index is 0.000000671. The van der Waals surface area contributed by atoms with Crippen LogP contribution in [-0.2, 0) is 6.18 Å². The summed E-state index contributed by atoms with van der Waals surface area (Å²) in [7, 11) is 0. The first-order valence-corrected chi connectivity index (χ1v) is 4.17. The van der Waals surface area contributed by atoms with E-state index in [9.17, 15) is 13.2 Å². The number of aromatic nitrogens is 1. The van der Waals surface area contributed by atoms with Gasteiger partial charge in [-0.2, -0.15) is 13.2 Å². The van der Waals surface area contributed by atoms with Crippen molar-refractivity contribution in [1.82, 2.24) is 4.98 Å². The maximum atomic E-state index is 11.9. The average Bonchev–Trinajstić information content (AvgIpc) is 2.07. The summed E-state index contributed by atoms with van der Waals surface area (Å²) in [5.74, 6) is 0. The van der Waals surface area contributed by atoms with Crippen LogP contribution in [0.25, 0.3) is 0 Å². The van der Waals surface area contributed by atoms with Crippen LogP contribution >= 0.6 is 12.2 Å². The fraction of sp³-hybridized carbons (Fsp3) is 0.375. The van der Waals surface area contributed by atoms with Crippen molar-refractivity contribution in [3.05, 3.63) is 28.5 Å². The summed E-state index contributed by atoms with van der Waals surface area (Å²) >= 11 is 4.57. The monoisotopic (exact) mass is 209 g/mol. The van der Waals surface area contributed by atoms with Gasteiger partial charge in [0, 0.05) is 6.20 Å². The summed E-state index contributed by atoms with van der Waals surface area (Å²) in [5, 5.41) is 0. The number of halogens is 3. The highest BCUT2D eigenvalue weighted by atomic mass is 32.1. The Morgan fingerprint density at radius 3 is 2.08 bits per heavy atom. The summed E-state index contributed by atoms with van der Waals surface area (Å²) in [6, 6.07) is 2.15. The fourth-order valence-electron chi connectivity index (χ4n) is 0.587. The van der Waals surface area contributed by atoms with Crippen LogP contribution in [0.3, 0.4) is 0 Å². The highest BCUT2D eigenvalue weighted by Gasteiger charge is 2.30. The van der Waals surface area contributed by atoms with Gasteiger partial charge in [-0.1, -0.05) is 26.1 Å². The Kier molecular flexibility index (Phi) is 4.69. The van der Waals surface area contributed by atoms with Crippen LogP contribution in [0, 0.1) is 4.64 Å². The molecule has 0 amide bonds. The molecule has 0 spiro atoms. The third kappa shape index (κ3) is 4.07. The van der Waals surface area contributed by atoms with Crippen LogP contribution in [0.2, 0.25) is 0 Å². The van der Waals surface area contributed by atoms with Crippen LogP contribution in [0.5, 0.6) is 0 Å². The fourth-order valence-corrected chi connectivity index (χ4v) is 0.714. The largest absolute Gasteiger partial charge is 0.417 e. The van der Waals surface area contributed by atoms with Gasteiger partial charge < -0.3 is 4.98 Å². The zero-order valence-electron chi connectivity index (χ0n) is 7.27. The molecule has 1 rings (SSSR count). The van der Waals surface area contributed by atoms with Gasteiger partial charge in [-0.3, -0.25) is 0 Å². The van der Waals surface area contributed by atoms with Gasteiger partial charge in [0.15, 0.2) is 0 Å². The Morgan fingerprint density at radius 1 is 1.23 bits per heavy atom. The molecule has 0 fully saturated rings. The van der Waals surface area contributed by atoms with E-state index in [1.807, 2.05) is 13.8 Å². The molecule has 0 saturated carbocycles. The zero-order valence-corrected chi connectivity index (χ0v) is 8.09. The average molecular weight is 209 g/mol. The van der Waals surface area contributed by atoms with Crippen molar-refractivity contribution in [1.29, 1.82) is 0 Å². The lowest BCUT2D eigenvalue weighted by molar-refractivity contribution is -0.137. The minimum absolute atomic E-state index is 0.290. The van der Waals surface area contributed by atoms with E-state index in [1.54, 1.807) is 0 Å². The molecule has 0 aliphatic carbocycles. The summed E-state index contributed by atoms with van der Waals surface area (Å²) in [6.45, 7) is 4.00. The number of rotatable bonds is 0. The first-order chi connectivity index (χ1) is 6.00. The van der Waals surface area contributed by atoms with Crippen LogP contribution in [0.1, 0.15) is 19.4 Å². The third-order valence-corrected chi connectivity index (χ3v) is 1.37. The number of nitrogens with one attached hydrogen (secondary N) is 1. The highest BCUT2D eigenvalue weighted by molar-refractivity contribution is 7.71. The smallest absolute Gasteiger partial charge is 0.352 e. The van der Waals surface area contributed by atoms with Crippen molar-refractivity contribution in [2.24, 2.45) is 0 Å². The lowest BCUT2D eigenvalue weighted by atomic mass is 10.3. The maximum absolute atomic E-state index is 11.9. The number of pyridine rings is 1. The molecule has 0 bridgehead atoms. The molecule has 1 N–H and O–H groups in total. The Labute approximate surface area is 79.6 Å². The molecule has 1 nitrogen and oxygen atoms in total. The number of H-pyrrole nitrogens is 1. The van der Waals surface area contributed by atoms with Gasteiger partial charge in [0.05, 0.1) is 5.56 Å². The van der Waals surface area contributed by atoms with Gasteiger partial charge in [0.2, 0.25) is 0 Å². The van der Waals surface area contributed by atoms with Gasteiger partial charge in [-0.15, -0.1) is 0 Å². The van der Waals surface area contributed by atoms with Crippen LogP contribution in [-0.4, -0.2) is 4.98 Å². The molecular formula is C8H10F3NS. The molecule has 1 aromatic heterocycles. The molecular weight excluding hydrogens is 199 g/mol. The SMILES string of the molecule is CC.FC(F)(F)c1ccc(=S)[nH]c1. The van der Waals surface area contributed by atoms with Gasteiger partial charge >= 0.3 is 6.18 Å². The second-order valence-electron chi connectivity index (χ2n) is 1.94. The summed E-state index contributed by atoms with van der Waals surface area (Å²) in [5.41, 5.74) is -0.717. The van der Waals surface area contributed by atoms with E-state index in [0.29, 0.717) is 0 Å². The van der Waals surface area contributed by atoms with Gasteiger partial charge in [-0.05, 0) is 12.1 Å².